The van der Waals surface area contributed by atoms with Gasteiger partial charge in [0.25, 0.3) is 0 Å². The number of hydrogen-bond donors (Lipinski definition) is 2. The lowest BCUT2D eigenvalue weighted by atomic mass is 9.94. The highest BCUT2D eigenvalue weighted by Crippen LogP contribution is 2.40. The van der Waals surface area contributed by atoms with Crippen LogP contribution in [0.5, 0.6) is 0 Å². The molecule has 0 saturated carbocycles. The van der Waals surface area contributed by atoms with Crippen LogP contribution in [0.25, 0.3) is 0 Å². The summed E-state index contributed by atoms with van der Waals surface area (Å²) in [5.41, 5.74) is 0.0116. The molecule has 23 heavy (non-hydrogen) atoms. The Bertz CT molecular complexity index is 538. The lowest BCUT2D eigenvalue weighted by Gasteiger charge is -2.25. The fourth-order valence-electron chi connectivity index (χ4n) is 1.65. The molecule has 3 N–H and O–H groups in total. The monoisotopic (exact) mass is 377 g/mol. The molecule has 0 saturated heterocycles. The summed E-state index contributed by atoms with van der Waals surface area (Å²) < 4.78 is 112. The van der Waals surface area contributed by atoms with Gasteiger partial charge in [0.1, 0.15) is 0 Å². The molecule has 1 aromatic carbocycles. The third kappa shape index (κ3) is 5.15. The first-order valence-corrected chi connectivity index (χ1v) is 5.44. The number of hydrogen-bond acceptors (Lipinski definition) is 2. The number of nitrogens with two attached hydrogens (primary N) is 1. The van der Waals surface area contributed by atoms with E-state index >= 15 is 0 Å². The molecule has 0 heterocycles. The van der Waals surface area contributed by atoms with Crippen molar-refractivity contribution in [2.45, 2.75) is 30.7 Å². The quantitative estimate of drug-likeness (QED) is 0.763. The van der Waals surface area contributed by atoms with Crippen LogP contribution >= 0.6 is 12.4 Å². The fourth-order valence-corrected chi connectivity index (χ4v) is 1.65. The number of rotatable bonds is 2. The lowest BCUT2D eigenvalue weighted by Crippen LogP contribution is -2.39. The molecule has 12 heteroatoms. The van der Waals surface area contributed by atoms with E-state index in [2.05, 4.69) is 0 Å². The molecule has 0 aliphatic heterocycles. The van der Waals surface area contributed by atoms with Crippen LogP contribution in [0, 0.1) is 0 Å². The van der Waals surface area contributed by atoms with Crippen molar-refractivity contribution in [2.75, 3.05) is 0 Å². The van der Waals surface area contributed by atoms with Crippen molar-refractivity contribution in [3.05, 3.63) is 34.9 Å². The maximum atomic E-state index is 12.7. The summed E-state index contributed by atoms with van der Waals surface area (Å²) in [6.07, 6.45) is -19.2. The van der Waals surface area contributed by atoms with Gasteiger partial charge in [0.2, 0.25) is 0 Å². The second-order valence-electron chi connectivity index (χ2n) is 4.31. The maximum absolute atomic E-state index is 12.7. The van der Waals surface area contributed by atoms with Gasteiger partial charge in [0.05, 0.1) is 17.2 Å². The number of aliphatic hydroxyl groups excluding tert-OH is 1. The van der Waals surface area contributed by atoms with E-state index in [1.807, 2.05) is 0 Å². The molecule has 0 amide bonds. The zero-order valence-electron chi connectivity index (χ0n) is 10.7. The molecular formula is C11H9ClF9NO. The van der Waals surface area contributed by atoms with Crippen molar-refractivity contribution in [3.8, 4) is 0 Å². The zero-order chi connectivity index (χ0) is 17.5. The van der Waals surface area contributed by atoms with Crippen LogP contribution in [-0.2, 0) is 12.4 Å². The molecule has 0 aliphatic carbocycles. The third-order valence-electron chi connectivity index (χ3n) is 2.72. The van der Waals surface area contributed by atoms with Crippen LogP contribution in [0.1, 0.15) is 22.7 Å². The van der Waals surface area contributed by atoms with Gasteiger partial charge in [0, 0.05) is 0 Å². The van der Waals surface area contributed by atoms with Gasteiger partial charge in [-0.2, -0.15) is 39.5 Å². The summed E-state index contributed by atoms with van der Waals surface area (Å²) in [5, 5.41) is 8.89. The minimum absolute atomic E-state index is 0. The smallest absolute Gasteiger partial charge is 0.382 e. The summed E-state index contributed by atoms with van der Waals surface area (Å²) in [6, 6.07) is -2.83. The fraction of sp³-hybridized carbons (Fsp3) is 0.455. The Morgan fingerprint density at radius 3 is 1.70 bits per heavy atom. The Morgan fingerprint density at radius 2 is 1.35 bits per heavy atom. The highest BCUT2D eigenvalue weighted by Gasteiger charge is 2.46. The number of aliphatic hydroxyl groups is 1. The number of benzene rings is 1. The van der Waals surface area contributed by atoms with Gasteiger partial charge < -0.3 is 10.8 Å². The van der Waals surface area contributed by atoms with Crippen LogP contribution in [0.15, 0.2) is 18.2 Å². The minimum atomic E-state index is -5.39. The van der Waals surface area contributed by atoms with Crippen LogP contribution in [0.2, 0.25) is 0 Å². The average molecular weight is 378 g/mol. The van der Waals surface area contributed by atoms with Gasteiger partial charge >= 0.3 is 18.5 Å². The highest BCUT2D eigenvalue weighted by molar-refractivity contribution is 5.85. The predicted octanol–water partition coefficient (Wildman–Crippen LogP) is 4.07. The summed E-state index contributed by atoms with van der Waals surface area (Å²) in [7, 11) is 0. The molecule has 1 aromatic rings. The molecule has 0 fully saturated rings. The van der Waals surface area contributed by atoms with E-state index in [1.54, 1.807) is 0 Å². The van der Waals surface area contributed by atoms with Crippen molar-refractivity contribution >= 4 is 12.4 Å². The topological polar surface area (TPSA) is 46.2 Å². The average Bonchev–Trinajstić information content (AvgIpc) is 2.33. The van der Waals surface area contributed by atoms with Crippen molar-refractivity contribution in [1.82, 2.24) is 0 Å². The molecule has 0 unspecified atom stereocenters. The van der Waals surface area contributed by atoms with E-state index in [0.29, 0.717) is 0 Å². The molecule has 2 atom stereocenters. The highest BCUT2D eigenvalue weighted by atomic mass is 35.5. The van der Waals surface area contributed by atoms with Gasteiger partial charge in [0.15, 0.2) is 6.10 Å². The van der Waals surface area contributed by atoms with E-state index in [1.165, 1.54) is 0 Å². The van der Waals surface area contributed by atoms with Crippen molar-refractivity contribution in [3.63, 3.8) is 0 Å². The second-order valence-corrected chi connectivity index (χ2v) is 4.31. The maximum Gasteiger partial charge on any atom is 0.416 e. The minimum Gasteiger partial charge on any atom is -0.382 e. The van der Waals surface area contributed by atoms with E-state index in [-0.39, 0.29) is 30.6 Å². The standard InChI is InChI=1S/C11H8F9NO.ClH/c12-9(13,14)4-1-2-6(10(15,16)17)5(3-4)7(21)8(22)11(18,19)20;/h1-3,7-8,22H,21H2;1H/t7-,8-;/m1./s1. The van der Waals surface area contributed by atoms with Gasteiger partial charge in [-0.15, -0.1) is 12.4 Å². The predicted molar refractivity (Wildman–Crippen MR) is 62.7 cm³/mol. The second kappa shape index (κ2) is 6.73. The van der Waals surface area contributed by atoms with E-state index in [9.17, 15) is 39.5 Å². The molecule has 1 rings (SSSR count). The summed E-state index contributed by atoms with van der Waals surface area (Å²) in [4.78, 5) is 0. The molecule has 0 aromatic heterocycles. The molecular weight excluding hydrogens is 369 g/mol. The summed E-state index contributed by atoms with van der Waals surface area (Å²) in [6.45, 7) is 0. The molecule has 134 valence electrons. The molecule has 0 radical (unpaired) electrons. The Kier molecular flexibility index (Phi) is 6.38. The van der Waals surface area contributed by atoms with Crippen molar-refractivity contribution < 1.29 is 44.6 Å². The zero-order valence-corrected chi connectivity index (χ0v) is 11.5. The summed E-state index contributed by atoms with van der Waals surface area (Å²) >= 11 is 0. The first kappa shape index (κ1) is 21.8. The van der Waals surface area contributed by atoms with Gasteiger partial charge in [-0.3, -0.25) is 0 Å². The normalized spacial score (nSPS) is 15.8. The molecule has 0 bridgehead atoms. The van der Waals surface area contributed by atoms with Crippen molar-refractivity contribution in [1.29, 1.82) is 0 Å². The van der Waals surface area contributed by atoms with Crippen LogP contribution < -0.4 is 5.73 Å². The molecule has 0 aliphatic rings. The molecule has 0 spiro atoms. The molecule has 2 nitrogen and oxygen atoms in total. The van der Waals surface area contributed by atoms with Crippen LogP contribution in [0.4, 0.5) is 39.5 Å². The van der Waals surface area contributed by atoms with Gasteiger partial charge in [-0.25, -0.2) is 0 Å². The van der Waals surface area contributed by atoms with E-state index in [0.717, 1.165) is 0 Å². The Balaban J connectivity index is 0.00000484. The first-order valence-electron chi connectivity index (χ1n) is 5.44. The largest absolute Gasteiger partial charge is 0.416 e. The first-order chi connectivity index (χ1) is 9.65. The van der Waals surface area contributed by atoms with E-state index in [4.69, 9.17) is 10.8 Å². The number of alkyl halides is 9. The Hall–Kier alpha value is -1.20. The lowest BCUT2D eigenvalue weighted by molar-refractivity contribution is -0.211. The van der Waals surface area contributed by atoms with Crippen LogP contribution in [0.3, 0.4) is 0 Å². The van der Waals surface area contributed by atoms with Crippen molar-refractivity contribution in [2.24, 2.45) is 5.73 Å². The SMILES string of the molecule is Cl.N[C@H](c1cc(C(F)(F)F)ccc1C(F)(F)F)[C@@H](O)C(F)(F)F. The Labute approximate surface area is 129 Å². The third-order valence-corrected chi connectivity index (χ3v) is 2.72. The Morgan fingerprint density at radius 1 is 0.870 bits per heavy atom. The number of halogens is 10. The van der Waals surface area contributed by atoms with E-state index < -0.39 is 47.4 Å². The van der Waals surface area contributed by atoms with Gasteiger partial charge in [-0.05, 0) is 23.8 Å². The van der Waals surface area contributed by atoms with Gasteiger partial charge in [-0.1, -0.05) is 0 Å². The summed E-state index contributed by atoms with van der Waals surface area (Å²) in [5.74, 6) is 0. The van der Waals surface area contributed by atoms with Crippen LogP contribution in [-0.4, -0.2) is 17.4 Å².